The summed E-state index contributed by atoms with van der Waals surface area (Å²) in [5.41, 5.74) is 2.37. The van der Waals surface area contributed by atoms with Crippen molar-refractivity contribution in [2.75, 3.05) is 18.4 Å². The molecule has 0 radical (unpaired) electrons. The molecule has 3 rings (SSSR count). The maximum Gasteiger partial charge on any atom is 0.252 e. The Hall–Kier alpha value is -2.80. The van der Waals surface area contributed by atoms with Crippen LogP contribution in [-0.4, -0.2) is 33.9 Å². The van der Waals surface area contributed by atoms with Crippen molar-refractivity contribution in [1.29, 1.82) is 0 Å². The van der Waals surface area contributed by atoms with Gasteiger partial charge >= 0.3 is 0 Å². The van der Waals surface area contributed by atoms with E-state index in [0.29, 0.717) is 24.5 Å². The highest BCUT2D eigenvalue weighted by Crippen LogP contribution is 2.20. The Balaban J connectivity index is 1.58. The molecule has 0 unspecified atom stereocenters. The average molecular weight is 412 g/mol. The Morgan fingerprint density at radius 3 is 2.65 bits per heavy atom. The Morgan fingerprint density at radius 1 is 1.12 bits per heavy atom. The molecular weight excluding hydrogens is 394 g/mol. The normalized spacial score (nSPS) is 10.4. The van der Waals surface area contributed by atoms with Crippen LogP contribution in [0.1, 0.15) is 16.1 Å². The number of anilines is 1. The number of hydrogen-bond acceptors (Lipinski definition) is 5. The first-order valence-corrected chi connectivity index (χ1v) is 8.95. The van der Waals surface area contributed by atoms with Gasteiger partial charge in [-0.1, -0.05) is 28.1 Å². The van der Waals surface area contributed by atoms with E-state index < -0.39 is 0 Å². The number of halogens is 1. The molecule has 132 valence electrons. The van der Waals surface area contributed by atoms with E-state index in [4.69, 9.17) is 0 Å². The quantitative estimate of drug-likeness (QED) is 0.607. The van der Waals surface area contributed by atoms with Crippen LogP contribution >= 0.6 is 15.9 Å². The number of benzene rings is 1. The van der Waals surface area contributed by atoms with E-state index in [9.17, 15) is 4.79 Å². The third kappa shape index (κ3) is 4.86. The minimum Gasteiger partial charge on any atom is -0.368 e. The molecule has 26 heavy (non-hydrogen) atoms. The number of aryl methyl sites for hydroxylation is 1. The summed E-state index contributed by atoms with van der Waals surface area (Å²) in [5.74, 6) is 1.25. The number of nitrogens with zero attached hydrogens (tertiary/aromatic N) is 3. The highest BCUT2D eigenvalue weighted by Gasteiger charge is 2.06. The van der Waals surface area contributed by atoms with E-state index in [0.717, 1.165) is 21.5 Å². The number of carbonyl (C=O) groups is 1. The van der Waals surface area contributed by atoms with E-state index in [1.165, 1.54) is 0 Å². The summed E-state index contributed by atoms with van der Waals surface area (Å²) in [7, 11) is 0. The lowest BCUT2D eigenvalue weighted by Gasteiger charge is -2.10. The molecule has 6 nitrogen and oxygen atoms in total. The molecule has 1 amide bonds. The van der Waals surface area contributed by atoms with Gasteiger partial charge in [-0.3, -0.25) is 9.78 Å². The smallest absolute Gasteiger partial charge is 0.252 e. The zero-order chi connectivity index (χ0) is 18.4. The van der Waals surface area contributed by atoms with Crippen LogP contribution < -0.4 is 10.6 Å². The summed E-state index contributed by atoms with van der Waals surface area (Å²) in [6.07, 6.45) is 3.18. The van der Waals surface area contributed by atoms with Crippen LogP contribution in [0.5, 0.6) is 0 Å². The number of carbonyl (C=O) groups excluding carboxylic acids is 1. The summed E-state index contributed by atoms with van der Waals surface area (Å²) in [5, 5.41) is 6.07. The van der Waals surface area contributed by atoms with Gasteiger partial charge in [-0.2, -0.15) is 0 Å². The van der Waals surface area contributed by atoms with Gasteiger partial charge in [-0.05, 0) is 31.2 Å². The zero-order valence-corrected chi connectivity index (χ0v) is 15.8. The van der Waals surface area contributed by atoms with Crippen LogP contribution in [0.2, 0.25) is 0 Å². The van der Waals surface area contributed by atoms with Gasteiger partial charge in [0.2, 0.25) is 0 Å². The van der Waals surface area contributed by atoms with Gasteiger partial charge in [0.15, 0.2) is 5.82 Å². The number of aromatic nitrogens is 3. The second-order valence-electron chi connectivity index (χ2n) is 5.65. The van der Waals surface area contributed by atoms with Crippen molar-refractivity contribution in [3.63, 3.8) is 0 Å². The molecule has 1 aromatic carbocycles. The number of hydrogen-bond donors (Lipinski definition) is 2. The monoisotopic (exact) mass is 411 g/mol. The van der Waals surface area contributed by atoms with Crippen molar-refractivity contribution in [3.8, 4) is 11.4 Å². The average Bonchev–Trinajstić information content (AvgIpc) is 2.66. The fourth-order valence-electron chi connectivity index (χ4n) is 2.35. The number of amides is 1. The van der Waals surface area contributed by atoms with Gasteiger partial charge in [0, 0.05) is 47.3 Å². The van der Waals surface area contributed by atoms with E-state index in [1.807, 2.05) is 37.3 Å². The van der Waals surface area contributed by atoms with E-state index in [-0.39, 0.29) is 5.91 Å². The molecule has 0 atom stereocenters. The molecule has 2 aromatic heterocycles. The van der Waals surface area contributed by atoms with E-state index >= 15 is 0 Å². The molecule has 3 aromatic rings. The first-order chi connectivity index (χ1) is 12.6. The Morgan fingerprint density at radius 2 is 1.92 bits per heavy atom. The van der Waals surface area contributed by atoms with Gasteiger partial charge in [0.05, 0.1) is 5.56 Å². The summed E-state index contributed by atoms with van der Waals surface area (Å²) in [6, 6.07) is 13.2. The topological polar surface area (TPSA) is 79.8 Å². The lowest BCUT2D eigenvalue weighted by atomic mass is 10.2. The maximum atomic E-state index is 12.0. The molecule has 0 aliphatic heterocycles. The lowest BCUT2D eigenvalue weighted by Crippen LogP contribution is -2.29. The Bertz CT molecular complexity index is 884. The minimum atomic E-state index is -0.144. The molecule has 7 heteroatoms. The second kappa shape index (κ2) is 8.53. The molecule has 0 aliphatic rings. The minimum absolute atomic E-state index is 0.144. The molecule has 2 N–H and O–H groups in total. The highest BCUT2D eigenvalue weighted by atomic mass is 79.9. The fourth-order valence-corrected chi connectivity index (χ4v) is 2.62. The lowest BCUT2D eigenvalue weighted by molar-refractivity contribution is 0.0955. The van der Waals surface area contributed by atoms with Gasteiger partial charge < -0.3 is 10.6 Å². The summed E-state index contributed by atoms with van der Waals surface area (Å²) in [4.78, 5) is 24.9. The molecule has 2 heterocycles. The van der Waals surface area contributed by atoms with Gasteiger partial charge in [0.1, 0.15) is 5.82 Å². The first-order valence-electron chi connectivity index (χ1n) is 8.15. The van der Waals surface area contributed by atoms with Crippen molar-refractivity contribution >= 4 is 27.7 Å². The van der Waals surface area contributed by atoms with Crippen LogP contribution in [0.15, 0.2) is 59.3 Å². The highest BCUT2D eigenvalue weighted by molar-refractivity contribution is 9.10. The van der Waals surface area contributed by atoms with Crippen molar-refractivity contribution in [1.82, 2.24) is 20.3 Å². The second-order valence-corrected chi connectivity index (χ2v) is 6.57. The summed E-state index contributed by atoms with van der Waals surface area (Å²) in [6.45, 7) is 2.96. The fraction of sp³-hybridized carbons (Fsp3) is 0.158. The summed E-state index contributed by atoms with van der Waals surface area (Å²) < 4.78 is 1.01. The van der Waals surface area contributed by atoms with Crippen LogP contribution in [-0.2, 0) is 0 Å². The van der Waals surface area contributed by atoms with E-state index in [1.54, 1.807) is 24.5 Å². The third-order valence-corrected chi connectivity index (χ3v) is 4.13. The van der Waals surface area contributed by atoms with Gasteiger partial charge in [0.25, 0.3) is 5.91 Å². The largest absolute Gasteiger partial charge is 0.368 e. The predicted molar refractivity (Wildman–Crippen MR) is 105 cm³/mol. The first kappa shape index (κ1) is 18.0. The van der Waals surface area contributed by atoms with Crippen LogP contribution in [0, 0.1) is 6.92 Å². The van der Waals surface area contributed by atoms with Crippen molar-refractivity contribution in [2.45, 2.75) is 6.92 Å². The van der Waals surface area contributed by atoms with Crippen LogP contribution in [0.3, 0.4) is 0 Å². The van der Waals surface area contributed by atoms with Gasteiger partial charge in [-0.25, -0.2) is 9.97 Å². The van der Waals surface area contributed by atoms with Crippen LogP contribution in [0.4, 0.5) is 5.82 Å². The maximum absolute atomic E-state index is 12.0. The molecule has 0 bridgehead atoms. The molecule has 0 fully saturated rings. The SMILES string of the molecule is Cc1cc(NCCNC(=O)c2cccnc2)nc(-c2ccc(Br)cc2)n1. The molecule has 0 aliphatic carbocycles. The predicted octanol–water partition coefficient (Wildman–Crippen LogP) is 3.45. The number of pyridine rings is 1. The van der Waals surface area contributed by atoms with Crippen LogP contribution in [0.25, 0.3) is 11.4 Å². The molecule has 0 spiro atoms. The van der Waals surface area contributed by atoms with Crippen molar-refractivity contribution < 1.29 is 4.79 Å². The molecular formula is C19H18BrN5O. The molecule has 0 saturated heterocycles. The summed E-state index contributed by atoms with van der Waals surface area (Å²) >= 11 is 3.43. The Kier molecular flexibility index (Phi) is 5.91. The number of rotatable bonds is 6. The zero-order valence-electron chi connectivity index (χ0n) is 14.2. The Labute approximate surface area is 160 Å². The van der Waals surface area contributed by atoms with Crippen molar-refractivity contribution in [2.24, 2.45) is 0 Å². The van der Waals surface area contributed by atoms with Gasteiger partial charge in [-0.15, -0.1) is 0 Å². The third-order valence-electron chi connectivity index (χ3n) is 3.60. The van der Waals surface area contributed by atoms with E-state index in [2.05, 4.69) is 41.5 Å². The molecule has 0 saturated carbocycles. The number of nitrogens with one attached hydrogen (secondary N) is 2. The van der Waals surface area contributed by atoms with Crippen molar-refractivity contribution in [3.05, 3.63) is 70.6 Å². The standard InChI is InChI=1S/C19H18BrN5O/c1-13-11-17(25-18(24-13)14-4-6-16(20)7-5-14)22-9-10-23-19(26)15-3-2-8-21-12-15/h2-8,11-12H,9-10H2,1H3,(H,23,26)(H,22,24,25).